The van der Waals surface area contributed by atoms with Crippen LogP contribution in [0.4, 0.5) is 0 Å². The standard InChI is InChI=1S/C17H36N2O2/c1-6-7-17(5,12-18-8-14(2)3)13-19-9-16(10-20)21-11-15(19)4/h14-16,18,20H,6-13H2,1-5H3. The Morgan fingerprint density at radius 2 is 2.14 bits per heavy atom. The van der Waals surface area contributed by atoms with Crippen molar-refractivity contribution in [3.63, 3.8) is 0 Å². The molecule has 0 bridgehead atoms. The summed E-state index contributed by atoms with van der Waals surface area (Å²) >= 11 is 0. The maximum absolute atomic E-state index is 9.34. The molecule has 1 heterocycles. The number of morpholine rings is 1. The third kappa shape index (κ3) is 6.64. The fourth-order valence-electron chi connectivity index (χ4n) is 3.19. The van der Waals surface area contributed by atoms with E-state index in [4.69, 9.17) is 4.74 Å². The van der Waals surface area contributed by atoms with Crippen LogP contribution in [0.3, 0.4) is 0 Å². The highest BCUT2D eigenvalue weighted by Crippen LogP contribution is 2.26. The molecular formula is C17H36N2O2. The molecule has 4 nitrogen and oxygen atoms in total. The highest BCUT2D eigenvalue weighted by Gasteiger charge is 2.32. The Bertz CT molecular complexity index is 286. The first-order valence-corrected chi connectivity index (χ1v) is 8.57. The Kier molecular flexibility index (Phi) is 8.17. The lowest BCUT2D eigenvalue weighted by molar-refractivity contribution is -0.0875. The van der Waals surface area contributed by atoms with E-state index in [0.29, 0.717) is 12.0 Å². The van der Waals surface area contributed by atoms with E-state index in [1.807, 2.05) is 0 Å². The van der Waals surface area contributed by atoms with Crippen LogP contribution in [0.2, 0.25) is 0 Å². The van der Waals surface area contributed by atoms with Crippen LogP contribution in [0.1, 0.15) is 47.5 Å². The summed E-state index contributed by atoms with van der Waals surface area (Å²) in [6.07, 6.45) is 2.42. The van der Waals surface area contributed by atoms with Gasteiger partial charge in [0.1, 0.15) is 0 Å². The van der Waals surface area contributed by atoms with Crippen LogP contribution >= 0.6 is 0 Å². The molecule has 3 unspecified atom stereocenters. The second-order valence-electron chi connectivity index (χ2n) is 7.50. The van der Waals surface area contributed by atoms with E-state index < -0.39 is 0 Å². The third-order valence-electron chi connectivity index (χ3n) is 4.38. The molecular weight excluding hydrogens is 264 g/mol. The SMILES string of the molecule is CCCC(C)(CNCC(C)C)CN1CC(CO)OCC1C. The van der Waals surface area contributed by atoms with Gasteiger partial charge in [0.2, 0.25) is 0 Å². The summed E-state index contributed by atoms with van der Waals surface area (Å²) in [5, 5.41) is 13.0. The van der Waals surface area contributed by atoms with Crippen LogP contribution in [0.15, 0.2) is 0 Å². The molecule has 21 heavy (non-hydrogen) atoms. The third-order valence-corrected chi connectivity index (χ3v) is 4.38. The number of nitrogens with one attached hydrogen (secondary N) is 1. The summed E-state index contributed by atoms with van der Waals surface area (Å²) < 4.78 is 5.65. The van der Waals surface area contributed by atoms with Crippen LogP contribution in [-0.4, -0.2) is 61.5 Å². The summed E-state index contributed by atoms with van der Waals surface area (Å²) in [6, 6.07) is 0.439. The first-order chi connectivity index (χ1) is 9.90. The van der Waals surface area contributed by atoms with Crippen LogP contribution in [0.5, 0.6) is 0 Å². The van der Waals surface area contributed by atoms with Crippen molar-refractivity contribution >= 4 is 0 Å². The number of rotatable bonds is 9. The minimum absolute atomic E-state index is 0.0179. The van der Waals surface area contributed by atoms with Crippen molar-refractivity contribution in [3.05, 3.63) is 0 Å². The molecule has 0 saturated carbocycles. The van der Waals surface area contributed by atoms with E-state index in [9.17, 15) is 5.11 Å². The summed E-state index contributed by atoms with van der Waals surface area (Å²) in [5.74, 6) is 0.692. The van der Waals surface area contributed by atoms with Crippen molar-refractivity contribution in [1.82, 2.24) is 10.2 Å². The van der Waals surface area contributed by atoms with Crippen molar-refractivity contribution < 1.29 is 9.84 Å². The van der Waals surface area contributed by atoms with E-state index >= 15 is 0 Å². The highest BCUT2D eigenvalue weighted by molar-refractivity contribution is 4.86. The zero-order valence-electron chi connectivity index (χ0n) is 14.7. The molecule has 0 aromatic heterocycles. The fourth-order valence-corrected chi connectivity index (χ4v) is 3.19. The van der Waals surface area contributed by atoms with Crippen LogP contribution < -0.4 is 5.32 Å². The van der Waals surface area contributed by atoms with E-state index in [-0.39, 0.29) is 18.1 Å². The maximum atomic E-state index is 9.34. The molecule has 2 N–H and O–H groups in total. The Balaban J connectivity index is 2.57. The topological polar surface area (TPSA) is 44.7 Å². The van der Waals surface area contributed by atoms with E-state index in [1.54, 1.807) is 0 Å². The molecule has 4 heteroatoms. The van der Waals surface area contributed by atoms with Crippen LogP contribution in [0, 0.1) is 11.3 Å². The molecule has 0 aliphatic carbocycles. The summed E-state index contributed by atoms with van der Waals surface area (Å²) in [7, 11) is 0. The molecule has 1 rings (SSSR count). The van der Waals surface area contributed by atoms with Gasteiger partial charge in [-0.05, 0) is 31.2 Å². The Morgan fingerprint density at radius 1 is 1.43 bits per heavy atom. The lowest BCUT2D eigenvalue weighted by Gasteiger charge is -2.43. The molecule has 1 aliphatic rings. The lowest BCUT2D eigenvalue weighted by Crippen LogP contribution is -2.54. The lowest BCUT2D eigenvalue weighted by atomic mass is 9.84. The number of hydrogen-bond acceptors (Lipinski definition) is 4. The van der Waals surface area contributed by atoms with Gasteiger partial charge >= 0.3 is 0 Å². The molecule has 126 valence electrons. The van der Waals surface area contributed by atoms with Gasteiger partial charge in [0.15, 0.2) is 0 Å². The molecule has 3 atom stereocenters. The van der Waals surface area contributed by atoms with Crippen molar-refractivity contribution in [3.8, 4) is 0 Å². The van der Waals surface area contributed by atoms with Gasteiger partial charge < -0.3 is 15.2 Å². The summed E-state index contributed by atoms with van der Waals surface area (Å²) in [4.78, 5) is 2.50. The summed E-state index contributed by atoms with van der Waals surface area (Å²) in [5.41, 5.74) is 0.287. The number of nitrogens with zero attached hydrogens (tertiary/aromatic N) is 1. The first-order valence-electron chi connectivity index (χ1n) is 8.57. The molecule has 0 radical (unpaired) electrons. The second kappa shape index (κ2) is 9.09. The van der Waals surface area contributed by atoms with E-state index in [2.05, 4.69) is 44.8 Å². The largest absolute Gasteiger partial charge is 0.394 e. The zero-order chi connectivity index (χ0) is 15.9. The normalized spacial score (nSPS) is 27.0. The monoisotopic (exact) mass is 300 g/mol. The zero-order valence-corrected chi connectivity index (χ0v) is 14.7. The number of ether oxygens (including phenoxy) is 1. The van der Waals surface area contributed by atoms with Gasteiger partial charge in [0, 0.05) is 25.7 Å². The molecule has 0 aromatic rings. The van der Waals surface area contributed by atoms with Gasteiger partial charge in [-0.1, -0.05) is 34.1 Å². The van der Waals surface area contributed by atoms with Gasteiger partial charge in [-0.2, -0.15) is 0 Å². The predicted molar refractivity (Wildman–Crippen MR) is 88.6 cm³/mol. The van der Waals surface area contributed by atoms with E-state index in [1.165, 1.54) is 12.8 Å². The van der Waals surface area contributed by atoms with Crippen molar-refractivity contribution in [2.24, 2.45) is 11.3 Å². The fraction of sp³-hybridized carbons (Fsp3) is 1.00. The first kappa shape index (κ1) is 18.9. The average Bonchev–Trinajstić information content (AvgIpc) is 2.41. The van der Waals surface area contributed by atoms with Gasteiger partial charge in [0.05, 0.1) is 19.3 Å². The molecule has 0 aromatic carbocycles. The minimum atomic E-state index is -0.0179. The second-order valence-corrected chi connectivity index (χ2v) is 7.50. The molecule has 1 saturated heterocycles. The Morgan fingerprint density at radius 3 is 2.71 bits per heavy atom. The number of aliphatic hydroxyl groups is 1. The van der Waals surface area contributed by atoms with Gasteiger partial charge in [-0.25, -0.2) is 0 Å². The van der Waals surface area contributed by atoms with Gasteiger partial charge in [-0.3, -0.25) is 4.90 Å². The smallest absolute Gasteiger partial charge is 0.0933 e. The maximum Gasteiger partial charge on any atom is 0.0933 e. The molecule has 0 amide bonds. The van der Waals surface area contributed by atoms with Crippen molar-refractivity contribution in [2.75, 3.05) is 39.4 Å². The van der Waals surface area contributed by atoms with Crippen molar-refractivity contribution in [1.29, 1.82) is 0 Å². The Labute approximate surface area is 131 Å². The summed E-state index contributed by atoms with van der Waals surface area (Å²) in [6.45, 7) is 16.3. The van der Waals surface area contributed by atoms with Gasteiger partial charge in [-0.15, -0.1) is 0 Å². The van der Waals surface area contributed by atoms with Crippen molar-refractivity contribution in [2.45, 2.75) is 59.6 Å². The quantitative estimate of drug-likeness (QED) is 0.685. The number of hydrogen-bond donors (Lipinski definition) is 2. The van der Waals surface area contributed by atoms with Crippen LogP contribution in [0.25, 0.3) is 0 Å². The molecule has 1 aliphatic heterocycles. The highest BCUT2D eigenvalue weighted by atomic mass is 16.5. The average molecular weight is 300 g/mol. The number of aliphatic hydroxyl groups excluding tert-OH is 1. The minimum Gasteiger partial charge on any atom is -0.394 e. The Hall–Kier alpha value is -0.160. The molecule has 0 spiro atoms. The predicted octanol–water partition coefficient (Wildman–Crippen LogP) is 2.12. The van der Waals surface area contributed by atoms with E-state index in [0.717, 1.165) is 32.8 Å². The molecule has 1 fully saturated rings. The van der Waals surface area contributed by atoms with Gasteiger partial charge in [0.25, 0.3) is 0 Å². The van der Waals surface area contributed by atoms with Crippen LogP contribution in [-0.2, 0) is 4.74 Å².